The van der Waals surface area contributed by atoms with E-state index in [2.05, 4.69) is 21.2 Å². The number of hydrogen-bond acceptors (Lipinski definition) is 2. The molecule has 112 valence electrons. The fraction of sp³-hybridized carbons (Fsp3) is 0.200. The zero-order valence-electron chi connectivity index (χ0n) is 11.2. The summed E-state index contributed by atoms with van der Waals surface area (Å²) in [5.74, 6) is 0.671. The monoisotopic (exact) mass is 359 g/mol. The zero-order chi connectivity index (χ0) is 15.5. The first-order chi connectivity index (χ1) is 9.90. The van der Waals surface area contributed by atoms with Crippen LogP contribution < -0.4 is 10.1 Å². The smallest absolute Gasteiger partial charge is 0.416 e. The predicted octanol–water partition coefficient (Wildman–Crippen LogP) is 5.09. The maximum Gasteiger partial charge on any atom is 0.416 e. The van der Waals surface area contributed by atoms with Gasteiger partial charge in [-0.05, 0) is 45.8 Å². The highest BCUT2D eigenvalue weighted by atomic mass is 79.9. The third kappa shape index (κ3) is 4.14. The minimum atomic E-state index is -4.33. The maximum absolute atomic E-state index is 12.6. The molecule has 0 atom stereocenters. The maximum atomic E-state index is 12.6. The molecule has 0 radical (unpaired) electrons. The summed E-state index contributed by atoms with van der Waals surface area (Å²) in [5.41, 5.74) is 0.665. The van der Waals surface area contributed by atoms with Gasteiger partial charge in [0.1, 0.15) is 5.75 Å². The molecule has 2 rings (SSSR count). The van der Waals surface area contributed by atoms with Crippen molar-refractivity contribution in [1.29, 1.82) is 0 Å². The van der Waals surface area contributed by atoms with E-state index >= 15 is 0 Å². The second-order valence-corrected chi connectivity index (χ2v) is 5.25. The van der Waals surface area contributed by atoms with Gasteiger partial charge in [0.25, 0.3) is 0 Å². The molecule has 21 heavy (non-hydrogen) atoms. The van der Waals surface area contributed by atoms with Crippen LogP contribution in [-0.2, 0) is 12.7 Å². The lowest BCUT2D eigenvalue weighted by molar-refractivity contribution is -0.137. The van der Waals surface area contributed by atoms with Gasteiger partial charge in [-0.1, -0.05) is 12.1 Å². The number of anilines is 1. The van der Waals surface area contributed by atoms with Crippen LogP contribution in [0.4, 0.5) is 18.9 Å². The van der Waals surface area contributed by atoms with Gasteiger partial charge in [-0.25, -0.2) is 0 Å². The van der Waals surface area contributed by atoms with E-state index in [1.807, 2.05) is 6.07 Å². The highest BCUT2D eigenvalue weighted by molar-refractivity contribution is 9.10. The average Bonchev–Trinajstić information content (AvgIpc) is 2.46. The van der Waals surface area contributed by atoms with Crippen molar-refractivity contribution in [2.75, 3.05) is 12.4 Å². The lowest BCUT2D eigenvalue weighted by atomic mass is 10.1. The van der Waals surface area contributed by atoms with Crippen LogP contribution in [0.5, 0.6) is 5.75 Å². The van der Waals surface area contributed by atoms with Crippen LogP contribution >= 0.6 is 15.9 Å². The highest BCUT2D eigenvalue weighted by Gasteiger charge is 2.30. The molecule has 6 heteroatoms. The molecule has 2 aromatic rings. The minimum Gasteiger partial charge on any atom is -0.497 e. The molecule has 0 saturated heterocycles. The van der Waals surface area contributed by atoms with E-state index in [4.69, 9.17) is 4.74 Å². The van der Waals surface area contributed by atoms with Gasteiger partial charge < -0.3 is 10.1 Å². The fourth-order valence-corrected chi connectivity index (χ4v) is 2.21. The van der Waals surface area contributed by atoms with E-state index in [-0.39, 0.29) is 6.54 Å². The molecule has 0 spiro atoms. The number of rotatable bonds is 4. The minimum absolute atomic E-state index is 0.287. The van der Waals surface area contributed by atoms with Crippen LogP contribution in [0.1, 0.15) is 11.1 Å². The summed E-state index contributed by atoms with van der Waals surface area (Å²) in [6, 6.07) is 10.6. The Morgan fingerprint density at radius 3 is 2.57 bits per heavy atom. The van der Waals surface area contributed by atoms with Gasteiger partial charge in [-0.2, -0.15) is 13.2 Å². The lowest BCUT2D eigenvalue weighted by Crippen LogP contribution is -2.07. The zero-order valence-corrected chi connectivity index (χ0v) is 12.8. The molecule has 0 bridgehead atoms. The second kappa shape index (κ2) is 6.39. The molecular formula is C15H13BrF3NO. The molecule has 2 nitrogen and oxygen atoms in total. The quantitative estimate of drug-likeness (QED) is 0.820. The van der Waals surface area contributed by atoms with Crippen molar-refractivity contribution in [1.82, 2.24) is 0 Å². The van der Waals surface area contributed by atoms with Crippen LogP contribution in [0.15, 0.2) is 46.9 Å². The van der Waals surface area contributed by atoms with Crippen molar-refractivity contribution in [3.05, 3.63) is 58.1 Å². The largest absolute Gasteiger partial charge is 0.497 e. The topological polar surface area (TPSA) is 21.3 Å². The summed E-state index contributed by atoms with van der Waals surface area (Å²) >= 11 is 3.38. The summed E-state index contributed by atoms with van der Waals surface area (Å²) in [4.78, 5) is 0. The number of nitrogens with one attached hydrogen (secondary N) is 1. The van der Waals surface area contributed by atoms with Crippen molar-refractivity contribution in [3.63, 3.8) is 0 Å². The van der Waals surface area contributed by atoms with Gasteiger partial charge in [-0.15, -0.1) is 0 Å². The molecule has 0 amide bonds. The third-order valence-corrected chi connectivity index (χ3v) is 3.60. The number of halogens is 4. The average molecular weight is 360 g/mol. The number of methoxy groups -OCH3 is 1. The second-order valence-electron chi connectivity index (χ2n) is 4.40. The predicted molar refractivity (Wildman–Crippen MR) is 79.5 cm³/mol. The molecule has 0 aliphatic rings. The van der Waals surface area contributed by atoms with Gasteiger partial charge in [-0.3, -0.25) is 0 Å². The van der Waals surface area contributed by atoms with Crippen LogP contribution in [0, 0.1) is 0 Å². The van der Waals surface area contributed by atoms with Crippen molar-refractivity contribution >= 4 is 21.6 Å². The number of hydrogen-bond donors (Lipinski definition) is 1. The standard InChI is InChI=1S/C15H13BrF3NO/c1-21-12-5-6-13(16)14(8-12)20-9-10-3-2-4-11(7-10)15(17,18)19/h2-8,20H,9H2,1H3. The van der Waals surface area contributed by atoms with Gasteiger partial charge in [0.15, 0.2) is 0 Å². The molecular weight excluding hydrogens is 347 g/mol. The third-order valence-electron chi connectivity index (χ3n) is 2.91. The summed E-state index contributed by atoms with van der Waals surface area (Å²) in [6.07, 6.45) is -4.33. The molecule has 0 saturated carbocycles. The Bertz CT molecular complexity index is 629. The molecule has 1 N–H and O–H groups in total. The van der Waals surface area contributed by atoms with Crippen LogP contribution in [-0.4, -0.2) is 7.11 Å². The molecule has 0 aromatic heterocycles. The first-order valence-corrected chi connectivity index (χ1v) is 6.93. The Morgan fingerprint density at radius 1 is 1.14 bits per heavy atom. The Balaban J connectivity index is 2.13. The molecule has 2 aromatic carbocycles. The van der Waals surface area contributed by atoms with E-state index in [9.17, 15) is 13.2 Å². The Morgan fingerprint density at radius 2 is 1.90 bits per heavy atom. The van der Waals surface area contributed by atoms with Gasteiger partial charge in [0.2, 0.25) is 0 Å². The summed E-state index contributed by atoms with van der Waals surface area (Å²) in [7, 11) is 1.56. The lowest BCUT2D eigenvalue weighted by Gasteiger charge is -2.12. The Hall–Kier alpha value is -1.69. The number of alkyl halides is 3. The van der Waals surface area contributed by atoms with E-state index in [0.717, 1.165) is 22.3 Å². The van der Waals surface area contributed by atoms with E-state index in [1.54, 1.807) is 25.3 Å². The fourth-order valence-electron chi connectivity index (χ4n) is 1.82. The van der Waals surface area contributed by atoms with Crippen LogP contribution in [0.2, 0.25) is 0 Å². The molecule has 0 heterocycles. The number of ether oxygens (including phenoxy) is 1. The van der Waals surface area contributed by atoms with Crippen LogP contribution in [0.3, 0.4) is 0 Å². The first-order valence-electron chi connectivity index (χ1n) is 6.13. The Labute approximate surface area is 129 Å². The van der Waals surface area contributed by atoms with Crippen molar-refractivity contribution < 1.29 is 17.9 Å². The van der Waals surface area contributed by atoms with Crippen LogP contribution in [0.25, 0.3) is 0 Å². The van der Waals surface area contributed by atoms with E-state index < -0.39 is 11.7 Å². The molecule has 0 unspecified atom stereocenters. The van der Waals surface area contributed by atoms with Crippen molar-refractivity contribution in [2.24, 2.45) is 0 Å². The summed E-state index contributed by atoms with van der Waals surface area (Å²) in [6.45, 7) is 0.287. The van der Waals surface area contributed by atoms with Gasteiger partial charge in [0.05, 0.1) is 18.4 Å². The van der Waals surface area contributed by atoms with Gasteiger partial charge in [0, 0.05) is 17.1 Å². The summed E-state index contributed by atoms with van der Waals surface area (Å²) < 4.78 is 43.9. The SMILES string of the molecule is COc1ccc(Br)c(NCc2cccc(C(F)(F)F)c2)c1. The van der Waals surface area contributed by atoms with Crippen molar-refractivity contribution in [2.45, 2.75) is 12.7 Å². The molecule has 0 aliphatic carbocycles. The molecule has 0 fully saturated rings. The van der Waals surface area contributed by atoms with E-state index in [0.29, 0.717) is 11.3 Å². The first kappa shape index (κ1) is 15.7. The van der Waals surface area contributed by atoms with Crippen molar-refractivity contribution in [3.8, 4) is 5.75 Å². The summed E-state index contributed by atoms with van der Waals surface area (Å²) in [5, 5.41) is 3.09. The van der Waals surface area contributed by atoms with Gasteiger partial charge >= 0.3 is 6.18 Å². The highest BCUT2D eigenvalue weighted by Crippen LogP contribution is 2.30. The molecule has 0 aliphatic heterocycles. The normalized spacial score (nSPS) is 11.3. The number of benzene rings is 2. The Kier molecular flexibility index (Phi) is 4.77. The van der Waals surface area contributed by atoms with E-state index in [1.165, 1.54) is 6.07 Å².